The fraction of sp³-hybridized carbons (Fsp3) is 0.286. The number of rotatable bonds is 7. The van der Waals surface area contributed by atoms with Crippen LogP contribution in [0.1, 0.15) is 5.56 Å². The number of hydrogen-bond acceptors (Lipinski definition) is 8. The van der Waals surface area contributed by atoms with Gasteiger partial charge in [-0.15, -0.1) is 0 Å². The van der Waals surface area contributed by atoms with E-state index >= 15 is 0 Å². The van der Waals surface area contributed by atoms with Crippen LogP contribution in [0.5, 0.6) is 0 Å². The van der Waals surface area contributed by atoms with Gasteiger partial charge >= 0.3 is 0 Å². The number of halogens is 1. The molecule has 0 atom stereocenters. The van der Waals surface area contributed by atoms with Crippen molar-refractivity contribution in [2.75, 3.05) is 36.6 Å². The normalized spacial score (nSPS) is 14.2. The van der Waals surface area contributed by atoms with Gasteiger partial charge in [0.25, 0.3) is 5.91 Å². The van der Waals surface area contributed by atoms with Gasteiger partial charge in [0, 0.05) is 24.6 Å². The Morgan fingerprint density at radius 1 is 1.18 bits per heavy atom. The summed E-state index contributed by atoms with van der Waals surface area (Å²) < 4.78 is 22.8. The summed E-state index contributed by atoms with van der Waals surface area (Å²) in [6.45, 7) is 1.42. The Kier molecular flexibility index (Phi) is 5.67. The highest BCUT2D eigenvalue weighted by atomic mass is 19.1. The zero-order valence-electron chi connectivity index (χ0n) is 17.6. The summed E-state index contributed by atoms with van der Waals surface area (Å²) in [5.74, 6) is -0.283. The number of morpholine rings is 1. The van der Waals surface area contributed by atoms with Gasteiger partial charge < -0.3 is 20.1 Å². The highest BCUT2D eigenvalue weighted by Gasteiger charge is 2.21. The molecule has 3 aromatic heterocycles. The van der Waals surface area contributed by atoms with Gasteiger partial charge in [-0.1, -0.05) is 0 Å². The lowest BCUT2D eigenvalue weighted by atomic mass is 10.1. The van der Waals surface area contributed by atoms with Crippen molar-refractivity contribution in [3.63, 3.8) is 0 Å². The summed E-state index contributed by atoms with van der Waals surface area (Å²) in [5, 5.41) is 21.3. The molecule has 4 heterocycles. The van der Waals surface area contributed by atoms with E-state index in [1.54, 1.807) is 40.2 Å². The molecule has 170 valence electrons. The number of amides is 1. The van der Waals surface area contributed by atoms with E-state index in [4.69, 9.17) is 9.84 Å². The number of aliphatic hydroxyl groups excluding tert-OH is 1. The van der Waals surface area contributed by atoms with Crippen molar-refractivity contribution in [3.8, 4) is 0 Å². The van der Waals surface area contributed by atoms with Crippen molar-refractivity contribution in [1.29, 1.82) is 0 Å². The van der Waals surface area contributed by atoms with Gasteiger partial charge in [-0.3, -0.25) is 9.48 Å². The molecule has 0 aliphatic carbocycles. The number of fused-ring (bicyclic) bond motifs is 1. The number of carbonyl (C=O) groups excluding carboxylic acids is 1. The molecule has 0 saturated carbocycles. The summed E-state index contributed by atoms with van der Waals surface area (Å²) >= 11 is 0. The van der Waals surface area contributed by atoms with E-state index in [1.165, 1.54) is 17.0 Å². The van der Waals surface area contributed by atoms with Gasteiger partial charge in [-0.05, 0) is 23.8 Å². The fourth-order valence-corrected chi connectivity index (χ4v) is 3.67. The summed E-state index contributed by atoms with van der Waals surface area (Å²) in [6, 6.07) is 4.53. The highest BCUT2D eigenvalue weighted by molar-refractivity contribution is 5.94. The van der Waals surface area contributed by atoms with Gasteiger partial charge in [0.2, 0.25) is 5.95 Å². The molecule has 0 bridgehead atoms. The second-order valence-electron chi connectivity index (χ2n) is 7.53. The van der Waals surface area contributed by atoms with E-state index in [0.717, 1.165) is 5.39 Å². The zero-order chi connectivity index (χ0) is 22.8. The molecule has 1 aliphatic rings. The molecule has 1 amide bonds. The SMILES string of the molecule is O=C1COCCN1c1cc(F)cc(Cn2ncc3cnc(Nc4cnn(CCO)c4)nc32)c1. The molecule has 0 unspecified atom stereocenters. The zero-order valence-corrected chi connectivity index (χ0v) is 17.6. The van der Waals surface area contributed by atoms with Crippen LogP contribution in [-0.2, 0) is 22.6 Å². The van der Waals surface area contributed by atoms with E-state index in [1.807, 2.05) is 0 Å². The quantitative estimate of drug-likeness (QED) is 0.430. The van der Waals surface area contributed by atoms with E-state index in [2.05, 4.69) is 25.5 Å². The Labute approximate surface area is 187 Å². The van der Waals surface area contributed by atoms with Crippen LogP contribution in [0, 0.1) is 5.82 Å². The maximum absolute atomic E-state index is 14.4. The van der Waals surface area contributed by atoms with Gasteiger partial charge in [0.05, 0.1) is 49.8 Å². The van der Waals surface area contributed by atoms with Gasteiger partial charge in [0.1, 0.15) is 12.4 Å². The molecule has 4 aromatic rings. The molecule has 0 spiro atoms. The van der Waals surface area contributed by atoms with E-state index in [0.29, 0.717) is 48.2 Å². The molecule has 12 heteroatoms. The standard InChI is InChI=1S/C21H21FN8O3/c22-16-5-14(6-18(7-16)29-2-4-33-13-19(29)32)11-30-20-15(9-25-30)8-23-21(27-20)26-17-10-24-28(12-17)1-3-31/h5-10,12,31H,1-4,11,13H2,(H,23,26,27). The number of benzene rings is 1. The molecule has 1 aromatic carbocycles. The van der Waals surface area contributed by atoms with Crippen molar-refractivity contribution in [3.05, 3.63) is 54.4 Å². The molecule has 1 aliphatic heterocycles. The van der Waals surface area contributed by atoms with Gasteiger partial charge in [-0.2, -0.15) is 15.2 Å². The van der Waals surface area contributed by atoms with E-state index < -0.39 is 5.82 Å². The third-order valence-electron chi connectivity index (χ3n) is 5.17. The van der Waals surface area contributed by atoms with Crippen LogP contribution in [-0.4, -0.2) is 66.9 Å². The van der Waals surface area contributed by atoms with Gasteiger partial charge in [-0.25, -0.2) is 14.1 Å². The van der Waals surface area contributed by atoms with Crippen molar-refractivity contribution in [1.82, 2.24) is 29.5 Å². The number of aliphatic hydroxyl groups is 1. The monoisotopic (exact) mass is 452 g/mol. The van der Waals surface area contributed by atoms with Crippen LogP contribution in [0.4, 0.5) is 21.7 Å². The molecule has 1 saturated heterocycles. The van der Waals surface area contributed by atoms with Crippen LogP contribution in [0.3, 0.4) is 0 Å². The number of carbonyl (C=O) groups is 1. The lowest BCUT2D eigenvalue weighted by Crippen LogP contribution is -2.41. The van der Waals surface area contributed by atoms with E-state index in [-0.39, 0.29) is 25.7 Å². The fourth-order valence-electron chi connectivity index (χ4n) is 3.67. The average Bonchev–Trinajstić information content (AvgIpc) is 3.41. The Morgan fingerprint density at radius 2 is 2.09 bits per heavy atom. The molecule has 0 radical (unpaired) electrons. The minimum atomic E-state index is -0.435. The maximum Gasteiger partial charge on any atom is 0.253 e. The average molecular weight is 452 g/mol. The van der Waals surface area contributed by atoms with Crippen LogP contribution < -0.4 is 10.2 Å². The summed E-state index contributed by atoms with van der Waals surface area (Å²) in [4.78, 5) is 22.5. The number of anilines is 3. The Balaban J connectivity index is 1.40. The number of hydrogen-bond donors (Lipinski definition) is 2. The number of nitrogens with zero attached hydrogens (tertiary/aromatic N) is 7. The lowest BCUT2D eigenvalue weighted by molar-refractivity contribution is -0.125. The van der Waals surface area contributed by atoms with Crippen molar-refractivity contribution in [2.24, 2.45) is 0 Å². The maximum atomic E-state index is 14.4. The smallest absolute Gasteiger partial charge is 0.253 e. The molecule has 33 heavy (non-hydrogen) atoms. The number of nitrogens with one attached hydrogen (secondary N) is 1. The van der Waals surface area contributed by atoms with E-state index in [9.17, 15) is 9.18 Å². The molecular weight excluding hydrogens is 431 g/mol. The van der Waals surface area contributed by atoms with Crippen LogP contribution in [0.15, 0.2) is 43.0 Å². The van der Waals surface area contributed by atoms with Crippen LogP contribution in [0.2, 0.25) is 0 Å². The first-order valence-corrected chi connectivity index (χ1v) is 10.4. The third-order valence-corrected chi connectivity index (χ3v) is 5.17. The highest BCUT2D eigenvalue weighted by Crippen LogP contribution is 2.22. The van der Waals surface area contributed by atoms with Gasteiger partial charge in [0.15, 0.2) is 5.65 Å². The predicted molar refractivity (Wildman–Crippen MR) is 117 cm³/mol. The molecule has 1 fully saturated rings. The van der Waals surface area contributed by atoms with Crippen molar-refractivity contribution in [2.45, 2.75) is 13.1 Å². The largest absolute Gasteiger partial charge is 0.394 e. The Bertz CT molecular complexity index is 1300. The lowest BCUT2D eigenvalue weighted by Gasteiger charge is -2.27. The summed E-state index contributed by atoms with van der Waals surface area (Å²) in [7, 11) is 0. The Hall–Kier alpha value is -3.90. The number of aromatic nitrogens is 6. The van der Waals surface area contributed by atoms with Crippen molar-refractivity contribution < 1.29 is 19.0 Å². The topological polar surface area (TPSA) is 123 Å². The summed E-state index contributed by atoms with van der Waals surface area (Å²) in [6.07, 6.45) is 6.64. The first-order chi connectivity index (χ1) is 16.1. The Morgan fingerprint density at radius 3 is 2.94 bits per heavy atom. The summed E-state index contributed by atoms with van der Waals surface area (Å²) in [5.41, 5.74) is 2.39. The minimum Gasteiger partial charge on any atom is -0.394 e. The minimum absolute atomic E-state index is 0.00967. The molecule has 5 rings (SSSR count). The number of ether oxygens (including phenoxy) is 1. The first-order valence-electron chi connectivity index (χ1n) is 10.4. The van der Waals surface area contributed by atoms with Crippen molar-refractivity contribution >= 4 is 34.3 Å². The predicted octanol–water partition coefficient (Wildman–Crippen LogP) is 1.31. The van der Waals surface area contributed by atoms with Crippen LogP contribution >= 0.6 is 0 Å². The first kappa shape index (κ1) is 21.0. The second kappa shape index (κ2) is 8.92. The third kappa shape index (κ3) is 4.52. The molecule has 2 N–H and O–H groups in total. The second-order valence-corrected chi connectivity index (χ2v) is 7.53. The molecular formula is C21H21FN8O3. The van der Waals surface area contributed by atoms with Crippen LogP contribution in [0.25, 0.3) is 11.0 Å². The molecule has 11 nitrogen and oxygen atoms in total.